The molecule has 1 fully saturated rings. The van der Waals surface area contributed by atoms with Gasteiger partial charge in [0.05, 0.1) is 18.2 Å². The van der Waals surface area contributed by atoms with Gasteiger partial charge >= 0.3 is 5.97 Å². The van der Waals surface area contributed by atoms with Gasteiger partial charge < -0.3 is 15.7 Å². The molecular formula is C17H18N4O4S. The van der Waals surface area contributed by atoms with Gasteiger partial charge in [0.1, 0.15) is 5.69 Å². The second-order valence-corrected chi connectivity index (χ2v) is 7.00. The molecule has 3 N–H and O–H groups in total. The second kappa shape index (κ2) is 7.61. The summed E-state index contributed by atoms with van der Waals surface area (Å²) in [5.74, 6) is -0.766. The van der Waals surface area contributed by atoms with Crippen molar-refractivity contribution in [1.82, 2.24) is 14.7 Å². The zero-order valence-electron chi connectivity index (χ0n) is 13.9. The number of carboxylic acids is 1. The lowest BCUT2D eigenvalue weighted by Crippen LogP contribution is -2.47. The predicted molar refractivity (Wildman–Crippen MR) is 96.5 cm³/mol. The van der Waals surface area contributed by atoms with Crippen molar-refractivity contribution < 1.29 is 19.5 Å². The molecule has 2 amide bonds. The molecule has 2 heterocycles. The van der Waals surface area contributed by atoms with Gasteiger partial charge in [0.25, 0.3) is 11.8 Å². The minimum absolute atomic E-state index is 0.0740. The number of para-hydroxylation sites is 1. The highest BCUT2D eigenvalue weighted by atomic mass is 32.2. The maximum atomic E-state index is 12.9. The molecule has 1 aliphatic rings. The van der Waals surface area contributed by atoms with E-state index in [9.17, 15) is 14.4 Å². The number of nitrogens with zero attached hydrogens (tertiary/aromatic N) is 3. The number of primary amides is 1. The maximum Gasteiger partial charge on any atom is 0.305 e. The Balaban J connectivity index is 1.94. The molecule has 0 radical (unpaired) electrons. The number of rotatable bonds is 5. The van der Waals surface area contributed by atoms with Crippen LogP contribution in [0, 0.1) is 0 Å². The minimum atomic E-state index is -0.956. The van der Waals surface area contributed by atoms with Crippen molar-refractivity contribution >= 4 is 29.5 Å². The monoisotopic (exact) mass is 374 g/mol. The number of thioether (sulfide) groups is 1. The van der Waals surface area contributed by atoms with Crippen LogP contribution in [0.15, 0.2) is 36.4 Å². The van der Waals surface area contributed by atoms with Crippen LogP contribution in [-0.4, -0.2) is 61.7 Å². The Bertz CT molecular complexity index is 837. The van der Waals surface area contributed by atoms with Crippen LogP contribution >= 0.6 is 11.8 Å². The van der Waals surface area contributed by atoms with Gasteiger partial charge in [-0.1, -0.05) is 18.2 Å². The lowest BCUT2D eigenvalue weighted by Gasteiger charge is -2.34. The van der Waals surface area contributed by atoms with Crippen molar-refractivity contribution in [2.24, 2.45) is 5.73 Å². The minimum Gasteiger partial charge on any atom is -0.481 e. The van der Waals surface area contributed by atoms with E-state index in [4.69, 9.17) is 10.8 Å². The molecule has 8 nitrogen and oxygen atoms in total. The maximum absolute atomic E-state index is 12.9. The van der Waals surface area contributed by atoms with Crippen LogP contribution in [-0.2, 0) is 4.79 Å². The number of nitrogens with two attached hydrogens (primary N) is 1. The first-order valence-corrected chi connectivity index (χ1v) is 9.18. The van der Waals surface area contributed by atoms with Gasteiger partial charge in [-0.25, -0.2) is 4.68 Å². The van der Waals surface area contributed by atoms with Crippen LogP contribution in [0.3, 0.4) is 0 Å². The first kappa shape index (κ1) is 18.0. The number of benzene rings is 1. The van der Waals surface area contributed by atoms with Crippen molar-refractivity contribution in [2.45, 2.75) is 12.5 Å². The SMILES string of the molecule is NC(=O)c1cc(C(=O)N2CCSCC2CC(=O)O)nn1-c1ccccc1. The topological polar surface area (TPSA) is 119 Å². The number of hydrogen-bond acceptors (Lipinski definition) is 5. The summed E-state index contributed by atoms with van der Waals surface area (Å²) in [6.07, 6.45) is -0.124. The number of carbonyl (C=O) groups excluding carboxylic acids is 2. The number of aliphatic carboxylic acids is 1. The van der Waals surface area contributed by atoms with E-state index in [1.807, 2.05) is 6.07 Å². The first-order chi connectivity index (χ1) is 12.5. The largest absolute Gasteiger partial charge is 0.481 e. The van der Waals surface area contributed by atoms with Gasteiger partial charge in [0.2, 0.25) is 0 Å². The Labute approximate surface area is 154 Å². The molecule has 2 aromatic rings. The molecule has 136 valence electrons. The van der Waals surface area contributed by atoms with E-state index in [0.717, 1.165) is 5.75 Å². The second-order valence-electron chi connectivity index (χ2n) is 5.85. The summed E-state index contributed by atoms with van der Waals surface area (Å²) in [5.41, 5.74) is 6.21. The fourth-order valence-corrected chi connectivity index (χ4v) is 3.93. The van der Waals surface area contributed by atoms with Gasteiger partial charge in [-0.15, -0.1) is 0 Å². The Morgan fingerprint density at radius 1 is 1.27 bits per heavy atom. The molecule has 1 aromatic carbocycles. The fraction of sp³-hybridized carbons (Fsp3) is 0.294. The zero-order valence-corrected chi connectivity index (χ0v) is 14.7. The number of carboxylic acid groups (broad SMARTS) is 1. The summed E-state index contributed by atoms with van der Waals surface area (Å²) >= 11 is 1.61. The predicted octanol–water partition coefficient (Wildman–Crippen LogP) is 1.00. The molecule has 1 atom stereocenters. The third kappa shape index (κ3) is 3.72. The molecule has 1 aliphatic heterocycles. The highest BCUT2D eigenvalue weighted by Crippen LogP contribution is 2.22. The summed E-state index contributed by atoms with van der Waals surface area (Å²) in [5, 5.41) is 13.3. The molecule has 1 aromatic heterocycles. The average molecular weight is 374 g/mol. The van der Waals surface area contributed by atoms with Crippen molar-refractivity contribution in [2.75, 3.05) is 18.1 Å². The van der Waals surface area contributed by atoms with Crippen molar-refractivity contribution in [3.8, 4) is 5.69 Å². The van der Waals surface area contributed by atoms with E-state index in [2.05, 4.69) is 5.10 Å². The van der Waals surface area contributed by atoms with Crippen LogP contribution in [0.25, 0.3) is 5.69 Å². The Hall–Kier alpha value is -2.81. The Kier molecular flexibility index (Phi) is 5.27. The van der Waals surface area contributed by atoms with Gasteiger partial charge in [-0.2, -0.15) is 16.9 Å². The van der Waals surface area contributed by atoms with Crippen LogP contribution in [0.1, 0.15) is 27.4 Å². The highest BCUT2D eigenvalue weighted by Gasteiger charge is 2.31. The molecule has 1 unspecified atom stereocenters. The number of aromatic nitrogens is 2. The van der Waals surface area contributed by atoms with Gasteiger partial charge in [0.15, 0.2) is 5.69 Å². The molecule has 0 spiro atoms. The fourth-order valence-electron chi connectivity index (χ4n) is 2.87. The van der Waals surface area contributed by atoms with Crippen LogP contribution in [0.2, 0.25) is 0 Å². The Morgan fingerprint density at radius 2 is 2.00 bits per heavy atom. The van der Waals surface area contributed by atoms with Crippen LogP contribution in [0.5, 0.6) is 0 Å². The first-order valence-electron chi connectivity index (χ1n) is 8.03. The zero-order chi connectivity index (χ0) is 18.7. The van der Waals surface area contributed by atoms with E-state index in [1.54, 1.807) is 36.0 Å². The summed E-state index contributed by atoms with van der Waals surface area (Å²) in [4.78, 5) is 37.3. The smallest absolute Gasteiger partial charge is 0.305 e. The molecule has 0 bridgehead atoms. The van der Waals surface area contributed by atoms with Crippen molar-refractivity contribution in [3.05, 3.63) is 47.8 Å². The lowest BCUT2D eigenvalue weighted by atomic mass is 10.1. The average Bonchev–Trinajstić information content (AvgIpc) is 3.07. The lowest BCUT2D eigenvalue weighted by molar-refractivity contribution is -0.138. The summed E-state index contributed by atoms with van der Waals surface area (Å²) in [6.45, 7) is 0.436. The van der Waals surface area contributed by atoms with E-state index >= 15 is 0 Å². The molecule has 1 saturated heterocycles. The van der Waals surface area contributed by atoms with Crippen LogP contribution < -0.4 is 5.73 Å². The molecule has 9 heteroatoms. The van der Waals surface area contributed by atoms with Gasteiger partial charge in [0, 0.05) is 24.1 Å². The van der Waals surface area contributed by atoms with Gasteiger partial charge in [-0.3, -0.25) is 14.4 Å². The standard InChI is InChI=1S/C17H18N4O4S/c18-16(24)14-9-13(19-21(14)11-4-2-1-3-5-11)17(25)20-6-7-26-10-12(20)8-15(22)23/h1-5,9,12H,6-8,10H2,(H2,18,24)(H,22,23). The Morgan fingerprint density at radius 3 is 2.65 bits per heavy atom. The number of amides is 2. The van der Waals surface area contributed by atoms with E-state index < -0.39 is 23.8 Å². The summed E-state index contributed by atoms with van der Waals surface area (Å²) < 4.78 is 1.33. The third-order valence-electron chi connectivity index (χ3n) is 4.08. The number of carbonyl (C=O) groups is 3. The highest BCUT2D eigenvalue weighted by molar-refractivity contribution is 7.99. The molecule has 0 saturated carbocycles. The van der Waals surface area contributed by atoms with E-state index in [1.165, 1.54) is 15.6 Å². The summed E-state index contributed by atoms with van der Waals surface area (Å²) in [7, 11) is 0. The molecule has 26 heavy (non-hydrogen) atoms. The molecule has 0 aliphatic carbocycles. The van der Waals surface area contributed by atoms with E-state index in [-0.39, 0.29) is 17.8 Å². The summed E-state index contributed by atoms with van der Waals surface area (Å²) in [6, 6.07) is 9.85. The third-order valence-corrected chi connectivity index (χ3v) is 5.17. The quantitative estimate of drug-likeness (QED) is 0.806. The van der Waals surface area contributed by atoms with Crippen molar-refractivity contribution in [3.63, 3.8) is 0 Å². The van der Waals surface area contributed by atoms with Crippen LogP contribution in [0.4, 0.5) is 0 Å². The van der Waals surface area contributed by atoms with E-state index in [0.29, 0.717) is 18.0 Å². The molecule has 3 rings (SSSR count). The van der Waals surface area contributed by atoms with Gasteiger partial charge in [-0.05, 0) is 12.1 Å². The number of hydrogen-bond donors (Lipinski definition) is 2. The molecular weight excluding hydrogens is 356 g/mol. The van der Waals surface area contributed by atoms with Crippen molar-refractivity contribution in [1.29, 1.82) is 0 Å². The normalized spacial score (nSPS) is 17.1.